The van der Waals surface area contributed by atoms with Crippen LogP contribution in [-0.2, 0) is 12.8 Å². The number of hydrogen-bond donors (Lipinski definition) is 2. The van der Waals surface area contributed by atoms with Crippen molar-refractivity contribution in [1.29, 1.82) is 0 Å². The molecule has 114 valence electrons. The minimum absolute atomic E-state index is 0. The SMILES string of the molecule is CCN[C@H](C)CNC(=O)c1cc2c(s1)CCCCC2.Cl. The first-order valence-corrected chi connectivity index (χ1v) is 8.15. The van der Waals surface area contributed by atoms with E-state index in [1.54, 1.807) is 11.3 Å². The van der Waals surface area contributed by atoms with E-state index in [4.69, 9.17) is 0 Å². The van der Waals surface area contributed by atoms with Crippen molar-refractivity contribution in [2.75, 3.05) is 13.1 Å². The second kappa shape index (κ2) is 8.65. The minimum atomic E-state index is 0. The van der Waals surface area contributed by atoms with Gasteiger partial charge in [-0.2, -0.15) is 0 Å². The lowest BCUT2D eigenvalue weighted by atomic mass is 10.1. The molecule has 1 atom stereocenters. The van der Waals surface area contributed by atoms with Crippen LogP contribution in [0.15, 0.2) is 6.07 Å². The number of fused-ring (bicyclic) bond motifs is 1. The molecule has 1 aromatic rings. The molecule has 5 heteroatoms. The molecule has 0 saturated heterocycles. The number of amides is 1. The second-order valence-corrected chi connectivity index (χ2v) is 6.43. The van der Waals surface area contributed by atoms with Crippen LogP contribution in [0, 0.1) is 0 Å². The Morgan fingerprint density at radius 3 is 2.85 bits per heavy atom. The predicted molar refractivity (Wildman–Crippen MR) is 88.3 cm³/mol. The average molecular weight is 317 g/mol. The number of likely N-dealkylation sites (N-methyl/N-ethyl adjacent to an activating group) is 1. The highest BCUT2D eigenvalue weighted by atomic mass is 35.5. The monoisotopic (exact) mass is 316 g/mol. The van der Waals surface area contributed by atoms with Gasteiger partial charge in [-0.15, -0.1) is 23.7 Å². The Kier molecular flexibility index (Phi) is 7.56. The van der Waals surface area contributed by atoms with Gasteiger partial charge >= 0.3 is 0 Å². The van der Waals surface area contributed by atoms with E-state index in [2.05, 4.69) is 30.5 Å². The molecule has 0 bridgehead atoms. The van der Waals surface area contributed by atoms with E-state index in [9.17, 15) is 4.79 Å². The lowest BCUT2D eigenvalue weighted by Crippen LogP contribution is -2.38. The highest BCUT2D eigenvalue weighted by Gasteiger charge is 2.16. The Balaban J connectivity index is 0.00000200. The summed E-state index contributed by atoms with van der Waals surface area (Å²) in [4.78, 5) is 14.4. The molecule has 1 aromatic heterocycles. The van der Waals surface area contributed by atoms with Gasteiger partial charge in [0.25, 0.3) is 5.91 Å². The summed E-state index contributed by atoms with van der Waals surface area (Å²) in [6, 6.07) is 2.44. The van der Waals surface area contributed by atoms with Gasteiger partial charge in [-0.05, 0) is 50.8 Å². The van der Waals surface area contributed by atoms with Crippen LogP contribution in [0.2, 0.25) is 0 Å². The fourth-order valence-corrected chi connectivity index (χ4v) is 3.70. The lowest BCUT2D eigenvalue weighted by Gasteiger charge is -2.12. The molecule has 0 radical (unpaired) electrons. The van der Waals surface area contributed by atoms with E-state index in [1.807, 2.05) is 0 Å². The van der Waals surface area contributed by atoms with Crippen molar-refractivity contribution in [2.45, 2.75) is 52.0 Å². The van der Waals surface area contributed by atoms with Gasteiger partial charge in [0.2, 0.25) is 0 Å². The number of nitrogens with one attached hydrogen (secondary N) is 2. The minimum Gasteiger partial charge on any atom is -0.350 e. The van der Waals surface area contributed by atoms with Crippen molar-refractivity contribution in [3.8, 4) is 0 Å². The highest BCUT2D eigenvalue weighted by molar-refractivity contribution is 7.14. The molecule has 1 aliphatic carbocycles. The zero-order valence-electron chi connectivity index (χ0n) is 12.3. The van der Waals surface area contributed by atoms with Crippen molar-refractivity contribution in [3.05, 3.63) is 21.4 Å². The van der Waals surface area contributed by atoms with Crippen molar-refractivity contribution >= 4 is 29.7 Å². The topological polar surface area (TPSA) is 41.1 Å². The van der Waals surface area contributed by atoms with Crippen LogP contribution in [0.3, 0.4) is 0 Å². The molecule has 0 aliphatic heterocycles. The van der Waals surface area contributed by atoms with E-state index in [0.29, 0.717) is 12.6 Å². The Bertz CT molecular complexity index is 410. The smallest absolute Gasteiger partial charge is 0.261 e. The summed E-state index contributed by atoms with van der Waals surface area (Å²) in [5, 5.41) is 6.32. The average Bonchev–Trinajstić information content (AvgIpc) is 2.68. The van der Waals surface area contributed by atoms with Gasteiger partial charge in [-0.25, -0.2) is 0 Å². The van der Waals surface area contributed by atoms with Crippen molar-refractivity contribution in [2.24, 2.45) is 0 Å². The van der Waals surface area contributed by atoms with Crippen molar-refractivity contribution < 1.29 is 4.79 Å². The molecule has 0 fully saturated rings. The first-order chi connectivity index (χ1) is 9.20. The van der Waals surface area contributed by atoms with Crippen LogP contribution in [0.5, 0.6) is 0 Å². The summed E-state index contributed by atoms with van der Waals surface area (Å²) >= 11 is 1.69. The van der Waals surface area contributed by atoms with Gasteiger partial charge in [0.05, 0.1) is 4.88 Å². The number of rotatable bonds is 5. The van der Waals surface area contributed by atoms with Gasteiger partial charge in [0, 0.05) is 17.5 Å². The molecular weight excluding hydrogens is 292 g/mol. The van der Waals surface area contributed by atoms with Crippen LogP contribution in [0.1, 0.15) is 53.2 Å². The standard InChI is InChI=1S/C15H24N2OS.ClH/c1-3-16-11(2)10-17-15(18)14-9-12-7-5-4-6-8-13(12)19-14;/h9,11,16H,3-8,10H2,1-2H3,(H,17,18);1H/t11-;/m1./s1. The van der Waals surface area contributed by atoms with Crippen LogP contribution in [0.25, 0.3) is 0 Å². The summed E-state index contributed by atoms with van der Waals surface area (Å²) in [7, 11) is 0. The second-order valence-electron chi connectivity index (χ2n) is 5.29. The van der Waals surface area contributed by atoms with Gasteiger partial charge in [0.1, 0.15) is 0 Å². The Morgan fingerprint density at radius 2 is 2.10 bits per heavy atom. The summed E-state index contributed by atoms with van der Waals surface area (Å²) < 4.78 is 0. The maximum Gasteiger partial charge on any atom is 0.261 e. The van der Waals surface area contributed by atoms with Crippen LogP contribution < -0.4 is 10.6 Å². The predicted octanol–water partition coefficient (Wildman–Crippen LogP) is 3.17. The van der Waals surface area contributed by atoms with E-state index >= 15 is 0 Å². The molecule has 20 heavy (non-hydrogen) atoms. The summed E-state index contributed by atoms with van der Waals surface area (Å²) in [5.41, 5.74) is 1.41. The Labute approximate surface area is 131 Å². The summed E-state index contributed by atoms with van der Waals surface area (Å²) in [5.74, 6) is 0.0860. The largest absolute Gasteiger partial charge is 0.350 e. The number of carbonyl (C=O) groups excluding carboxylic acids is 1. The van der Waals surface area contributed by atoms with E-state index in [1.165, 1.54) is 29.7 Å². The molecule has 0 saturated carbocycles. The molecule has 0 aromatic carbocycles. The third-order valence-electron chi connectivity index (χ3n) is 3.59. The number of hydrogen-bond acceptors (Lipinski definition) is 3. The molecule has 1 heterocycles. The lowest BCUT2D eigenvalue weighted by molar-refractivity contribution is 0.0954. The number of carbonyl (C=O) groups is 1. The van der Waals surface area contributed by atoms with Gasteiger partial charge in [-0.3, -0.25) is 4.79 Å². The first-order valence-electron chi connectivity index (χ1n) is 7.34. The van der Waals surface area contributed by atoms with Crippen LogP contribution in [-0.4, -0.2) is 25.0 Å². The molecule has 2 N–H and O–H groups in total. The third-order valence-corrected chi connectivity index (χ3v) is 4.83. The van der Waals surface area contributed by atoms with E-state index in [-0.39, 0.29) is 18.3 Å². The molecular formula is C15H25ClN2OS. The van der Waals surface area contributed by atoms with Crippen molar-refractivity contribution in [3.63, 3.8) is 0 Å². The third kappa shape index (κ3) is 4.76. The number of thiophene rings is 1. The Morgan fingerprint density at radius 1 is 1.35 bits per heavy atom. The summed E-state index contributed by atoms with van der Waals surface area (Å²) in [6.07, 6.45) is 6.16. The maximum absolute atomic E-state index is 12.1. The van der Waals surface area contributed by atoms with Crippen molar-refractivity contribution in [1.82, 2.24) is 10.6 Å². The van der Waals surface area contributed by atoms with Crippen LogP contribution in [0.4, 0.5) is 0 Å². The highest BCUT2D eigenvalue weighted by Crippen LogP contribution is 2.28. The van der Waals surface area contributed by atoms with Gasteiger partial charge < -0.3 is 10.6 Å². The van der Waals surface area contributed by atoms with E-state index < -0.39 is 0 Å². The fourth-order valence-electron chi connectivity index (χ4n) is 2.53. The Hall–Kier alpha value is -0.580. The van der Waals surface area contributed by atoms with Gasteiger partial charge in [0.15, 0.2) is 0 Å². The molecule has 2 rings (SSSR count). The molecule has 3 nitrogen and oxygen atoms in total. The number of halogens is 1. The zero-order valence-corrected chi connectivity index (χ0v) is 14.0. The number of aryl methyl sites for hydroxylation is 2. The van der Waals surface area contributed by atoms with Crippen LogP contribution >= 0.6 is 23.7 Å². The molecule has 0 unspecified atom stereocenters. The normalized spacial score (nSPS) is 15.7. The molecule has 1 amide bonds. The quantitative estimate of drug-likeness (QED) is 0.819. The fraction of sp³-hybridized carbons (Fsp3) is 0.667. The first kappa shape index (κ1) is 17.5. The van der Waals surface area contributed by atoms with E-state index in [0.717, 1.165) is 24.3 Å². The maximum atomic E-state index is 12.1. The van der Waals surface area contributed by atoms with Gasteiger partial charge in [-0.1, -0.05) is 13.3 Å². The molecule has 1 aliphatic rings. The summed E-state index contributed by atoms with van der Waals surface area (Å²) in [6.45, 7) is 5.79. The molecule has 0 spiro atoms. The zero-order chi connectivity index (χ0) is 13.7.